The monoisotopic (exact) mass is 430 g/mol. The van der Waals surface area contributed by atoms with Crippen LogP contribution in [-0.4, -0.2) is 126 Å². The van der Waals surface area contributed by atoms with Crippen molar-refractivity contribution in [3.8, 4) is 0 Å². The summed E-state index contributed by atoms with van der Waals surface area (Å²) in [5.74, 6) is -1.60. The van der Waals surface area contributed by atoms with Gasteiger partial charge in [0.2, 0.25) is 0 Å². The first-order valence-corrected chi connectivity index (χ1v) is 11.1. The molecule has 0 saturated carbocycles. The number of carbonyl (C=O) groups is 3. The van der Waals surface area contributed by atoms with Crippen LogP contribution in [0.15, 0.2) is 0 Å². The Bertz CT molecular complexity index is 504. The van der Waals surface area contributed by atoms with Crippen molar-refractivity contribution in [3.05, 3.63) is 0 Å². The Balaban J connectivity index is 0.00000263. The van der Waals surface area contributed by atoms with Gasteiger partial charge in [-0.2, -0.15) is 0 Å². The second-order valence-electron chi connectivity index (χ2n) is 7.65. The maximum Gasteiger partial charge on any atom is 0.317 e. The molecule has 0 spiro atoms. The summed E-state index contributed by atoms with van der Waals surface area (Å²) in [6.07, 6.45) is 1.75. The van der Waals surface area contributed by atoms with Gasteiger partial charge in [-0.1, -0.05) is 34.1 Å². The van der Waals surface area contributed by atoms with Gasteiger partial charge in [0, 0.05) is 58.8 Å². The van der Waals surface area contributed by atoms with Gasteiger partial charge in [0.05, 0.1) is 19.6 Å². The second kappa shape index (κ2) is 17.2. The van der Waals surface area contributed by atoms with Crippen LogP contribution < -0.4 is 0 Å². The molecule has 0 bridgehead atoms. The second-order valence-corrected chi connectivity index (χ2v) is 7.65. The third-order valence-corrected chi connectivity index (χ3v) is 4.89. The lowest BCUT2D eigenvalue weighted by Gasteiger charge is -2.33. The van der Waals surface area contributed by atoms with Crippen molar-refractivity contribution in [1.82, 2.24) is 19.6 Å². The molecule has 1 aliphatic rings. The maximum atomic E-state index is 11.9. The summed E-state index contributed by atoms with van der Waals surface area (Å²) in [6.45, 7) is 14.3. The Morgan fingerprint density at radius 3 is 1.17 bits per heavy atom. The lowest BCUT2D eigenvalue weighted by atomic mass is 10.2. The highest BCUT2D eigenvalue weighted by Crippen LogP contribution is 2.01. The van der Waals surface area contributed by atoms with Crippen molar-refractivity contribution in [2.75, 3.05) is 78.5 Å². The van der Waals surface area contributed by atoms with Gasteiger partial charge in [0.15, 0.2) is 0 Å². The Morgan fingerprint density at radius 2 is 0.900 bits per heavy atom. The molecule has 1 saturated heterocycles. The minimum Gasteiger partial charge on any atom is -0.480 e. The van der Waals surface area contributed by atoms with Crippen LogP contribution in [0.3, 0.4) is 0 Å². The molecule has 2 N–H and O–H groups in total. The lowest BCUT2D eigenvalue weighted by molar-refractivity contribution is -0.140. The van der Waals surface area contributed by atoms with Crippen LogP contribution >= 0.6 is 0 Å². The summed E-state index contributed by atoms with van der Waals surface area (Å²) in [5.41, 5.74) is 0. The third kappa shape index (κ3) is 14.4. The van der Waals surface area contributed by atoms with E-state index in [1.807, 2.05) is 16.7 Å². The van der Waals surface area contributed by atoms with E-state index in [2.05, 4.69) is 30.6 Å². The molecule has 0 aromatic rings. The van der Waals surface area contributed by atoms with E-state index < -0.39 is 11.9 Å². The Hall–Kier alpha value is -1.55. The molecular formula is C21H42N4O5. The smallest absolute Gasteiger partial charge is 0.317 e. The van der Waals surface area contributed by atoms with Crippen LogP contribution in [0.25, 0.3) is 0 Å². The fraction of sp³-hybridized carbons (Fsp3) is 0.857. The van der Waals surface area contributed by atoms with E-state index in [1.54, 1.807) is 0 Å². The van der Waals surface area contributed by atoms with Gasteiger partial charge in [-0.15, -0.1) is 0 Å². The van der Waals surface area contributed by atoms with Crippen molar-refractivity contribution in [3.63, 3.8) is 0 Å². The number of carboxylic acid groups (broad SMARTS) is 2. The molecule has 9 heteroatoms. The highest BCUT2D eigenvalue weighted by Gasteiger charge is 2.19. The Kier molecular flexibility index (Phi) is 16.3. The van der Waals surface area contributed by atoms with E-state index >= 15 is 0 Å². The molecule has 0 radical (unpaired) electrons. The van der Waals surface area contributed by atoms with Gasteiger partial charge >= 0.3 is 11.9 Å². The van der Waals surface area contributed by atoms with Crippen molar-refractivity contribution < 1.29 is 24.6 Å². The van der Waals surface area contributed by atoms with Gasteiger partial charge in [-0.3, -0.25) is 29.1 Å². The van der Waals surface area contributed by atoms with E-state index in [0.717, 1.165) is 26.2 Å². The number of carbonyl (C=O) groups excluding carboxylic acids is 1. The Labute approximate surface area is 181 Å². The summed E-state index contributed by atoms with van der Waals surface area (Å²) in [7, 11) is 0. The first kappa shape index (κ1) is 28.5. The highest BCUT2D eigenvalue weighted by atomic mass is 16.4. The van der Waals surface area contributed by atoms with E-state index in [9.17, 15) is 14.4 Å². The first-order valence-electron chi connectivity index (χ1n) is 11.1. The molecule has 0 unspecified atom stereocenters. The van der Waals surface area contributed by atoms with Crippen LogP contribution in [0.4, 0.5) is 0 Å². The van der Waals surface area contributed by atoms with Crippen molar-refractivity contribution in [2.45, 2.75) is 40.5 Å². The lowest BCUT2D eigenvalue weighted by Crippen LogP contribution is -2.48. The minimum absolute atomic E-state index is 0.0460. The minimum atomic E-state index is -0.903. The molecule has 1 heterocycles. The number of aliphatic carboxylic acids is 2. The van der Waals surface area contributed by atoms with Gasteiger partial charge in [-0.25, -0.2) is 0 Å². The van der Waals surface area contributed by atoms with Crippen molar-refractivity contribution in [2.24, 2.45) is 0 Å². The summed E-state index contributed by atoms with van der Waals surface area (Å²) in [4.78, 5) is 42.2. The first-order chi connectivity index (χ1) is 14.2. The van der Waals surface area contributed by atoms with Crippen LogP contribution in [0.5, 0.6) is 0 Å². The number of rotatable bonds is 8. The van der Waals surface area contributed by atoms with Crippen molar-refractivity contribution in [1.29, 1.82) is 0 Å². The SMILES string of the molecule is CCC.CCC(=O)CN1CCN(CC)CCN(CC(=O)O)CCN(CC(=O)O)CC1. The van der Waals surface area contributed by atoms with Gasteiger partial charge < -0.3 is 15.1 Å². The van der Waals surface area contributed by atoms with Crippen molar-refractivity contribution >= 4 is 17.7 Å². The summed E-state index contributed by atoms with van der Waals surface area (Å²) >= 11 is 0. The molecule has 9 nitrogen and oxygen atoms in total. The zero-order valence-electron chi connectivity index (χ0n) is 19.3. The number of hydrogen-bond donors (Lipinski definition) is 2. The molecule has 30 heavy (non-hydrogen) atoms. The maximum absolute atomic E-state index is 11.9. The molecule has 0 aromatic carbocycles. The number of Topliss-reactive ketones (excluding diaryl/α,β-unsaturated/α-hetero) is 1. The summed E-state index contributed by atoms with van der Waals surface area (Å²) in [6, 6.07) is 0. The van der Waals surface area contributed by atoms with Crippen LogP contribution in [0.2, 0.25) is 0 Å². The molecule has 1 fully saturated rings. The quantitative estimate of drug-likeness (QED) is 0.578. The molecule has 176 valence electrons. The van der Waals surface area contributed by atoms with Crippen LogP contribution in [0, 0.1) is 0 Å². The predicted octanol–water partition coefficient (Wildman–Crippen LogP) is 0.793. The number of ketones is 1. The van der Waals surface area contributed by atoms with Crippen LogP contribution in [0.1, 0.15) is 40.5 Å². The van der Waals surface area contributed by atoms with Gasteiger partial charge in [-0.05, 0) is 6.54 Å². The van der Waals surface area contributed by atoms with Crippen LogP contribution in [-0.2, 0) is 14.4 Å². The molecule has 0 amide bonds. The summed E-state index contributed by atoms with van der Waals surface area (Å²) < 4.78 is 0. The Morgan fingerprint density at radius 1 is 0.600 bits per heavy atom. The van der Waals surface area contributed by atoms with Gasteiger partial charge in [0.25, 0.3) is 0 Å². The topological polar surface area (TPSA) is 105 Å². The van der Waals surface area contributed by atoms with E-state index in [1.165, 1.54) is 6.42 Å². The van der Waals surface area contributed by atoms with E-state index in [-0.39, 0.29) is 18.9 Å². The number of hydrogen-bond acceptors (Lipinski definition) is 7. The van der Waals surface area contributed by atoms with E-state index in [4.69, 9.17) is 10.2 Å². The number of nitrogens with zero attached hydrogens (tertiary/aromatic N) is 4. The standard InChI is InChI=1S/C18H34N4O5.C3H8/c1-3-16(23)13-20-7-5-19(4-2)6-8-21(14-17(24)25)11-12-22(10-9-20)15-18(26)27;1-3-2/h3-15H2,1-2H3,(H,24,25)(H,26,27);3H2,1-2H3. The largest absolute Gasteiger partial charge is 0.480 e. The molecular weight excluding hydrogens is 388 g/mol. The predicted molar refractivity (Wildman–Crippen MR) is 118 cm³/mol. The fourth-order valence-corrected chi connectivity index (χ4v) is 3.11. The fourth-order valence-electron chi connectivity index (χ4n) is 3.11. The number of likely N-dealkylation sites (N-methyl/N-ethyl adjacent to an activating group) is 1. The highest BCUT2D eigenvalue weighted by molar-refractivity contribution is 5.80. The molecule has 1 rings (SSSR count). The zero-order chi connectivity index (χ0) is 22.9. The average molecular weight is 431 g/mol. The zero-order valence-corrected chi connectivity index (χ0v) is 19.3. The van der Waals surface area contributed by atoms with E-state index in [0.29, 0.717) is 45.7 Å². The summed E-state index contributed by atoms with van der Waals surface area (Å²) in [5, 5.41) is 18.3. The molecule has 1 aliphatic heterocycles. The van der Waals surface area contributed by atoms with Gasteiger partial charge in [0.1, 0.15) is 5.78 Å². The average Bonchev–Trinajstić information content (AvgIpc) is 2.67. The molecule has 0 atom stereocenters. The molecule has 0 aromatic heterocycles. The molecule has 0 aliphatic carbocycles. The third-order valence-electron chi connectivity index (χ3n) is 4.89. The normalized spacial score (nSPS) is 18.5. The number of carboxylic acids is 2.